The Labute approximate surface area is 200 Å². The van der Waals surface area contributed by atoms with Crippen LogP contribution >= 0.6 is 22.6 Å². The summed E-state index contributed by atoms with van der Waals surface area (Å²) in [5, 5.41) is 6.40. The lowest BCUT2D eigenvalue weighted by Crippen LogP contribution is -2.54. The maximum atomic E-state index is 15.1. The molecule has 0 bridgehead atoms. The van der Waals surface area contributed by atoms with Crippen molar-refractivity contribution in [2.45, 2.75) is 18.9 Å². The Balaban J connectivity index is 1.51. The van der Waals surface area contributed by atoms with E-state index in [1.54, 1.807) is 47.7 Å². The summed E-state index contributed by atoms with van der Waals surface area (Å²) in [5.74, 6) is -3.35. The van der Waals surface area contributed by atoms with E-state index in [1.165, 1.54) is 11.0 Å². The number of piperidine rings is 1. The molecule has 0 saturated carbocycles. The Morgan fingerprint density at radius 2 is 1.85 bits per heavy atom. The van der Waals surface area contributed by atoms with Gasteiger partial charge in [0.1, 0.15) is 11.9 Å². The molecule has 1 N–H and O–H groups in total. The number of benzene rings is 1. The van der Waals surface area contributed by atoms with E-state index in [4.69, 9.17) is 0 Å². The largest absolute Gasteiger partial charge is 0.319 e. The Bertz CT molecular complexity index is 1330. The molecule has 5 rings (SSSR count). The number of anilines is 1. The van der Waals surface area contributed by atoms with Crippen molar-refractivity contribution in [2.75, 3.05) is 4.90 Å². The smallest absolute Gasteiger partial charge is 0.262 e. The lowest BCUT2D eigenvalue weighted by molar-refractivity contribution is -0.136. The monoisotopic (exact) mass is 559 g/mol. The normalized spacial score (nSPS) is 20.2. The van der Waals surface area contributed by atoms with Crippen LogP contribution < -0.4 is 10.2 Å². The molecule has 3 aliphatic rings. The molecule has 0 aliphatic carbocycles. The third-order valence-corrected chi connectivity index (χ3v) is 6.05. The van der Waals surface area contributed by atoms with Crippen LogP contribution in [0.1, 0.15) is 33.6 Å². The van der Waals surface area contributed by atoms with Gasteiger partial charge in [-0.25, -0.2) is 9.07 Å². The van der Waals surface area contributed by atoms with Crippen LogP contribution in [0, 0.1) is 9.39 Å². The van der Waals surface area contributed by atoms with E-state index in [0.717, 1.165) is 14.5 Å². The van der Waals surface area contributed by atoms with E-state index in [1.807, 2.05) is 0 Å². The number of aromatic nitrogens is 2. The maximum absolute atomic E-state index is 15.1. The molecule has 1 saturated heterocycles. The number of allylic oxidation sites excluding steroid dienone is 4. The zero-order valence-corrected chi connectivity index (χ0v) is 19.0. The van der Waals surface area contributed by atoms with Crippen molar-refractivity contribution in [3.63, 3.8) is 0 Å². The van der Waals surface area contributed by atoms with E-state index < -0.39 is 35.5 Å². The minimum atomic E-state index is -1.11. The Hall–Kier alpha value is -3.61. The zero-order chi connectivity index (χ0) is 23.3. The first-order valence-electron chi connectivity index (χ1n) is 9.94. The second-order valence-electron chi connectivity index (χ2n) is 7.56. The van der Waals surface area contributed by atoms with Gasteiger partial charge in [-0.3, -0.25) is 29.4 Å². The van der Waals surface area contributed by atoms with Gasteiger partial charge in [0.05, 0.1) is 32.3 Å². The van der Waals surface area contributed by atoms with Crippen molar-refractivity contribution >= 4 is 57.6 Å². The highest BCUT2D eigenvalue weighted by molar-refractivity contribution is 14.1. The van der Waals surface area contributed by atoms with E-state index in [0.29, 0.717) is 5.70 Å². The number of carbonyl (C=O) groups excluding carboxylic acids is 4. The number of amides is 4. The van der Waals surface area contributed by atoms with Crippen molar-refractivity contribution in [3.8, 4) is 0 Å². The number of nitrogens with zero attached hydrogens (tertiary/aromatic N) is 4. The van der Waals surface area contributed by atoms with Gasteiger partial charge in [0.25, 0.3) is 11.8 Å². The van der Waals surface area contributed by atoms with E-state index in [9.17, 15) is 19.2 Å². The lowest BCUT2D eigenvalue weighted by atomic mass is 10.0. The molecule has 2 aromatic rings. The first kappa shape index (κ1) is 21.2. The summed E-state index contributed by atoms with van der Waals surface area (Å²) in [4.78, 5) is 51.9. The topological polar surface area (TPSA) is 105 Å². The summed E-state index contributed by atoms with van der Waals surface area (Å²) in [6.45, 7) is 0. The fourth-order valence-electron chi connectivity index (χ4n) is 3.93. The molecule has 1 fully saturated rings. The quantitative estimate of drug-likeness (QED) is 0.458. The minimum Gasteiger partial charge on any atom is -0.319 e. The third kappa shape index (κ3) is 3.67. The van der Waals surface area contributed by atoms with Gasteiger partial charge in [-0.05, 0) is 53.3 Å². The second-order valence-corrected chi connectivity index (χ2v) is 8.81. The molecule has 1 aromatic heterocycles. The van der Waals surface area contributed by atoms with Gasteiger partial charge in [0.15, 0.2) is 0 Å². The molecule has 0 radical (unpaired) electrons. The van der Waals surface area contributed by atoms with E-state index in [2.05, 4.69) is 33.0 Å². The number of rotatable bonds is 3. The first-order valence-corrected chi connectivity index (χ1v) is 11.0. The van der Waals surface area contributed by atoms with Crippen LogP contribution in [0.4, 0.5) is 10.1 Å². The van der Waals surface area contributed by atoms with Crippen molar-refractivity contribution in [3.05, 3.63) is 75.7 Å². The van der Waals surface area contributed by atoms with Gasteiger partial charge < -0.3 is 4.90 Å². The summed E-state index contributed by atoms with van der Waals surface area (Å²) in [5.41, 5.74) is 0.582. The number of imide groups is 2. The van der Waals surface area contributed by atoms with Crippen LogP contribution in [-0.4, -0.2) is 44.4 Å². The Morgan fingerprint density at radius 1 is 1.09 bits per heavy atom. The lowest BCUT2D eigenvalue weighted by Gasteiger charge is -2.27. The fraction of sp³-hybridized carbons (Fsp3) is 0.136. The molecule has 0 spiro atoms. The van der Waals surface area contributed by atoms with Crippen LogP contribution in [0.15, 0.2) is 55.2 Å². The molecule has 11 heteroatoms. The summed E-state index contributed by atoms with van der Waals surface area (Å²) >= 11 is 2.13. The molecule has 33 heavy (non-hydrogen) atoms. The molecule has 9 nitrogen and oxygen atoms in total. The molecule has 3 aliphatic heterocycles. The highest BCUT2D eigenvalue weighted by Gasteiger charge is 2.45. The number of hydrogen-bond donors (Lipinski definition) is 1. The van der Waals surface area contributed by atoms with Crippen molar-refractivity contribution in [2.24, 2.45) is 0 Å². The molecule has 4 heterocycles. The number of nitrogens with one attached hydrogen (secondary N) is 1. The van der Waals surface area contributed by atoms with Crippen LogP contribution in [0.5, 0.6) is 0 Å². The standard InChI is InChI=1S/C22H15FIN5O4/c23-16-7-14-15(22(33)29(21(14)32)17-4-5-19(30)26-20(17)31)8-18(16)27-6-2-1-3-13(11-27)28-10-12(24)9-25-28/h1-3,6-11,17H,4-5H2,(H,26,30,31). The number of carbonyl (C=O) groups is 4. The Morgan fingerprint density at radius 3 is 2.55 bits per heavy atom. The predicted octanol–water partition coefficient (Wildman–Crippen LogP) is 2.42. The van der Waals surface area contributed by atoms with Crippen LogP contribution in [0.25, 0.3) is 5.70 Å². The van der Waals surface area contributed by atoms with Crippen LogP contribution in [0.3, 0.4) is 0 Å². The van der Waals surface area contributed by atoms with Crippen LogP contribution in [0.2, 0.25) is 0 Å². The first-order chi connectivity index (χ1) is 15.8. The van der Waals surface area contributed by atoms with Gasteiger partial charge in [-0.2, -0.15) is 5.10 Å². The Kier molecular flexibility index (Phi) is 5.19. The highest BCUT2D eigenvalue weighted by atomic mass is 127. The van der Waals surface area contributed by atoms with Crippen molar-refractivity contribution < 1.29 is 23.6 Å². The molecular formula is C22H15FIN5O4. The van der Waals surface area contributed by atoms with Crippen LogP contribution in [-0.2, 0) is 9.59 Å². The van der Waals surface area contributed by atoms with Gasteiger partial charge in [-0.15, -0.1) is 0 Å². The van der Waals surface area contributed by atoms with Gasteiger partial charge in [-0.1, -0.05) is 6.08 Å². The molecule has 4 amide bonds. The van der Waals surface area contributed by atoms with E-state index >= 15 is 4.39 Å². The molecule has 166 valence electrons. The summed E-state index contributed by atoms with van der Waals surface area (Å²) in [6.07, 6.45) is 12.0. The average molecular weight is 559 g/mol. The molecular weight excluding hydrogens is 544 g/mol. The molecule has 1 atom stereocenters. The average Bonchev–Trinajstić information content (AvgIpc) is 3.19. The van der Waals surface area contributed by atoms with Crippen molar-refractivity contribution in [1.82, 2.24) is 20.0 Å². The number of halogens is 2. The fourth-order valence-corrected chi connectivity index (χ4v) is 4.32. The van der Waals surface area contributed by atoms with Crippen molar-refractivity contribution in [1.29, 1.82) is 0 Å². The van der Waals surface area contributed by atoms with Gasteiger partial charge >= 0.3 is 0 Å². The zero-order valence-electron chi connectivity index (χ0n) is 16.9. The van der Waals surface area contributed by atoms with Gasteiger partial charge in [0, 0.05) is 25.0 Å². The predicted molar refractivity (Wildman–Crippen MR) is 123 cm³/mol. The third-order valence-electron chi connectivity index (χ3n) is 5.50. The second kappa shape index (κ2) is 8.06. The highest BCUT2D eigenvalue weighted by Crippen LogP contribution is 2.33. The molecule has 1 aromatic carbocycles. The SMILES string of the molecule is O=C1CCC(N2C(=O)c3cc(F)c(N4C=CC=CC(n5cc(I)cn5)=C4)cc3C2=O)C(=O)N1. The number of fused-ring (bicyclic) bond motifs is 1. The summed E-state index contributed by atoms with van der Waals surface area (Å²) in [7, 11) is 0. The maximum Gasteiger partial charge on any atom is 0.262 e. The number of hydrogen-bond acceptors (Lipinski definition) is 6. The minimum absolute atomic E-state index is 0.00436. The molecule has 1 unspecified atom stereocenters. The van der Waals surface area contributed by atoms with Gasteiger partial charge in [0.2, 0.25) is 11.8 Å². The summed E-state index contributed by atoms with van der Waals surface area (Å²) in [6, 6.07) is 1.19. The van der Waals surface area contributed by atoms with E-state index in [-0.39, 0.29) is 29.7 Å². The summed E-state index contributed by atoms with van der Waals surface area (Å²) < 4.78 is 17.7.